The average molecular weight is 680 g/mol. The topological polar surface area (TPSA) is 80.2 Å². The maximum absolute atomic E-state index is 14.6. The van der Waals surface area contributed by atoms with Crippen molar-refractivity contribution in [1.82, 2.24) is 5.32 Å². The molecule has 244 valence electrons. The second kappa shape index (κ2) is 15.5. The number of aliphatic hydroxyl groups is 1. The summed E-state index contributed by atoms with van der Waals surface area (Å²) in [5, 5.41) is 13.4. The molecular weight excluding hydrogens is 643 g/mol. The van der Waals surface area contributed by atoms with E-state index in [-0.39, 0.29) is 12.5 Å². The van der Waals surface area contributed by atoms with Crippen molar-refractivity contribution >= 4 is 35.0 Å². The van der Waals surface area contributed by atoms with Gasteiger partial charge in [0.25, 0.3) is 5.91 Å². The molecule has 8 heteroatoms. The molecule has 0 bridgehead atoms. The Morgan fingerprint density at radius 2 is 1.50 bits per heavy atom. The summed E-state index contributed by atoms with van der Waals surface area (Å²) < 4.78 is 12.4. The molecule has 5 aromatic carbocycles. The number of aliphatic imine (C=N–C) groups is 1. The van der Waals surface area contributed by atoms with Crippen molar-refractivity contribution in [3.05, 3.63) is 160 Å². The van der Waals surface area contributed by atoms with Gasteiger partial charge < -0.3 is 19.9 Å². The molecule has 0 aliphatic carbocycles. The minimum atomic E-state index is -1.31. The highest BCUT2D eigenvalue weighted by Gasteiger charge is 2.53. The van der Waals surface area contributed by atoms with Gasteiger partial charge in [0.1, 0.15) is 5.75 Å². The summed E-state index contributed by atoms with van der Waals surface area (Å²) >= 11 is 12.5. The normalized spacial score (nSPS) is 17.0. The number of halogens is 2. The van der Waals surface area contributed by atoms with E-state index in [1.807, 2.05) is 91.0 Å². The van der Waals surface area contributed by atoms with Gasteiger partial charge in [-0.2, -0.15) is 0 Å². The minimum Gasteiger partial charge on any atom is -0.494 e. The fourth-order valence-corrected chi connectivity index (χ4v) is 6.36. The number of aliphatic hydroxyl groups excluding tert-OH is 1. The molecule has 0 saturated heterocycles. The number of carbonyl (C=O) groups excluding carboxylic acids is 1. The summed E-state index contributed by atoms with van der Waals surface area (Å²) in [6, 6.07) is 41.0. The molecule has 1 amide bonds. The van der Waals surface area contributed by atoms with Crippen LogP contribution < -0.4 is 10.1 Å². The lowest BCUT2D eigenvalue weighted by Gasteiger charge is -2.31. The zero-order chi connectivity index (χ0) is 33.3. The lowest BCUT2D eigenvalue weighted by Crippen LogP contribution is -2.50. The van der Waals surface area contributed by atoms with Gasteiger partial charge >= 0.3 is 0 Å². The van der Waals surface area contributed by atoms with Crippen molar-refractivity contribution in [1.29, 1.82) is 0 Å². The number of nitrogens with zero attached hydrogens (tertiary/aromatic N) is 1. The van der Waals surface area contributed by atoms with Gasteiger partial charge in [-0.15, -0.1) is 0 Å². The predicted octanol–water partition coefficient (Wildman–Crippen LogP) is 8.28. The average Bonchev–Trinajstić information content (AvgIpc) is 3.50. The van der Waals surface area contributed by atoms with Crippen LogP contribution >= 0.6 is 23.2 Å². The first-order chi connectivity index (χ1) is 23.4. The molecule has 0 unspecified atom stereocenters. The number of nitrogens with one attached hydrogen (secondary N) is 1. The van der Waals surface area contributed by atoms with E-state index in [0.717, 1.165) is 33.4 Å². The Morgan fingerprint density at radius 1 is 0.833 bits per heavy atom. The van der Waals surface area contributed by atoms with Crippen molar-refractivity contribution in [2.45, 2.75) is 30.9 Å². The first kappa shape index (κ1) is 33.3. The molecule has 0 spiro atoms. The van der Waals surface area contributed by atoms with E-state index < -0.39 is 11.6 Å². The molecule has 2 atom stereocenters. The van der Waals surface area contributed by atoms with E-state index in [2.05, 4.69) is 29.6 Å². The van der Waals surface area contributed by atoms with Crippen LogP contribution in [0, 0.1) is 0 Å². The van der Waals surface area contributed by atoms with Crippen molar-refractivity contribution in [3.63, 3.8) is 0 Å². The van der Waals surface area contributed by atoms with Crippen LogP contribution in [0.25, 0.3) is 11.1 Å². The molecule has 6 nitrogen and oxygen atoms in total. The van der Waals surface area contributed by atoms with Gasteiger partial charge in [0.05, 0.1) is 6.61 Å². The molecule has 1 aliphatic rings. The van der Waals surface area contributed by atoms with Crippen LogP contribution in [0.15, 0.2) is 132 Å². The summed E-state index contributed by atoms with van der Waals surface area (Å²) in [5.41, 5.74) is 4.26. The van der Waals surface area contributed by atoms with Gasteiger partial charge in [0.2, 0.25) is 5.90 Å². The third-order valence-corrected chi connectivity index (χ3v) is 8.95. The molecule has 0 saturated carbocycles. The van der Waals surface area contributed by atoms with Crippen LogP contribution in [-0.2, 0) is 22.4 Å². The van der Waals surface area contributed by atoms with E-state index in [1.165, 1.54) is 0 Å². The maximum Gasteiger partial charge on any atom is 0.252 e. The standard InChI is InChI=1S/C40H36Cl2N2O4/c41-34-19-16-31(36(42)26-34)22-23-43-39(46)40(27-28-8-3-1-4-9-28)37(32-14-12-30(13-15-32)29-10-5-2-6-11-29)48-38(44-40)33-17-20-35(21-18-33)47-25-7-24-45/h1-6,8-21,26,37,45H,7,22-25,27H2,(H,43,46)/t37-,40-/m1/s1. The molecule has 0 fully saturated rings. The SMILES string of the molecule is O=C(NCCc1ccc(Cl)cc1Cl)[C@]1(Cc2ccccc2)N=C(c2ccc(OCCCO)cc2)O[C@@H]1c1ccc(-c2ccccc2)cc1. The van der Waals surface area contributed by atoms with Crippen molar-refractivity contribution < 1.29 is 19.4 Å². The van der Waals surface area contributed by atoms with Crippen molar-refractivity contribution in [3.8, 4) is 16.9 Å². The molecule has 1 aliphatic heterocycles. The summed E-state index contributed by atoms with van der Waals surface area (Å²) in [7, 11) is 0. The Hall–Kier alpha value is -4.62. The summed E-state index contributed by atoms with van der Waals surface area (Å²) in [6.07, 6.45) is 0.675. The minimum absolute atomic E-state index is 0.0642. The van der Waals surface area contributed by atoms with Crippen molar-refractivity contribution in [2.24, 2.45) is 4.99 Å². The van der Waals surface area contributed by atoms with Crippen LogP contribution in [0.5, 0.6) is 5.75 Å². The number of carbonyl (C=O) groups is 1. The van der Waals surface area contributed by atoms with Crippen LogP contribution in [0.3, 0.4) is 0 Å². The van der Waals surface area contributed by atoms with Gasteiger partial charge in [-0.25, -0.2) is 4.99 Å². The summed E-state index contributed by atoms with van der Waals surface area (Å²) in [4.78, 5) is 19.7. The largest absolute Gasteiger partial charge is 0.494 e. The van der Waals surface area contributed by atoms with E-state index in [4.69, 9.17) is 42.8 Å². The number of hydrogen-bond donors (Lipinski definition) is 2. The van der Waals surface area contributed by atoms with Gasteiger partial charge in [0, 0.05) is 41.6 Å². The highest BCUT2D eigenvalue weighted by molar-refractivity contribution is 6.35. The maximum atomic E-state index is 14.6. The lowest BCUT2D eigenvalue weighted by molar-refractivity contribution is -0.128. The van der Waals surface area contributed by atoms with Crippen LogP contribution in [0.1, 0.15) is 34.8 Å². The molecule has 5 aromatic rings. The van der Waals surface area contributed by atoms with Gasteiger partial charge in [-0.1, -0.05) is 114 Å². The predicted molar refractivity (Wildman–Crippen MR) is 192 cm³/mol. The van der Waals surface area contributed by atoms with Crippen LogP contribution in [-0.4, -0.2) is 42.2 Å². The monoisotopic (exact) mass is 678 g/mol. The first-order valence-corrected chi connectivity index (χ1v) is 16.7. The molecular formula is C40H36Cl2N2O4. The molecule has 2 N–H and O–H groups in total. The number of ether oxygens (including phenoxy) is 2. The first-order valence-electron chi connectivity index (χ1n) is 16.0. The Bertz CT molecular complexity index is 1850. The second-order valence-electron chi connectivity index (χ2n) is 11.7. The number of hydrogen-bond acceptors (Lipinski definition) is 5. The molecule has 6 rings (SSSR count). The van der Waals surface area contributed by atoms with Crippen molar-refractivity contribution in [2.75, 3.05) is 19.8 Å². The zero-order valence-corrected chi connectivity index (χ0v) is 27.8. The fraction of sp³-hybridized carbons (Fsp3) is 0.200. The smallest absolute Gasteiger partial charge is 0.252 e. The Labute approximate surface area is 291 Å². The summed E-state index contributed by atoms with van der Waals surface area (Å²) in [5.74, 6) is 0.807. The van der Waals surface area contributed by atoms with E-state index in [9.17, 15) is 4.79 Å². The van der Waals surface area contributed by atoms with Gasteiger partial charge in [0.15, 0.2) is 11.6 Å². The highest BCUT2D eigenvalue weighted by Crippen LogP contribution is 2.43. The summed E-state index contributed by atoms with van der Waals surface area (Å²) in [6.45, 7) is 0.825. The second-order valence-corrected chi connectivity index (χ2v) is 12.5. The third-order valence-electron chi connectivity index (χ3n) is 8.36. The molecule has 1 heterocycles. The van der Waals surface area contributed by atoms with Gasteiger partial charge in [-0.3, -0.25) is 4.79 Å². The number of amides is 1. The molecule has 0 aromatic heterocycles. The fourth-order valence-electron chi connectivity index (χ4n) is 5.86. The zero-order valence-electron chi connectivity index (χ0n) is 26.3. The lowest BCUT2D eigenvalue weighted by atomic mass is 9.81. The quantitative estimate of drug-likeness (QED) is 0.123. The number of rotatable bonds is 13. The third kappa shape index (κ3) is 7.74. The number of benzene rings is 5. The highest BCUT2D eigenvalue weighted by atomic mass is 35.5. The van der Waals surface area contributed by atoms with Gasteiger partial charge in [-0.05, 0) is 70.6 Å². The Kier molecular flexibility index (Phi) is 10.8. The Morgan fingerprint density at radius 3 is 2.19 bits per heavy atom. The Balaban J connectivity index is 1.36. The molecule has 0 radical (unpaired) electrons. The van der Waals surface area contributed by atoms with E-state index in [0.29, 0.717) is 54.1 Å². The van der Waals surface area contributed by atoms with Crippen LogP contribution in [0.4, 0.5) is 0 Å². The van der Waals surface area contributed by atoms with E-state index in [1.54, 1.807) is 12.1 Å². The molecule has 48 heavy (non-hydrogen) atoms. The van der Waals surface area contributed by atoms with Crippen LogP contribution in [0.2, 0.25) is 10.0 Å². The van der Waals surface area contributed by atoms with E-state index >= 15 is 0 Å².